The highest BCUT2D eigenvalue weighted by molar-refractivity contribution is 6.33. The lowest BCUT2D eigenvalue weighted by atomic mass is 10.1. The molecule has 3 rings (SSSR count). The van der Waals surface area contributed by atoms with Crippen LogP contribution in [-0.2, 0) is 0 Å². The Hall–Kier alpha value is -2.20. The Morgan fingerprint density at radius 2 is 1.89 bits per heavy atom. The summed E-state index contributed by atoms with van der Waals surface area (Å²) < 4.78 is 1.69. The van der Waals surface area contributed by atoms with Crippen LogP contribution in [0.1, 0.15) is 5.69 Å². The molecule has 0 atom stereocenters. The van der Waals surface area contributed by atoms with Crippen molar-refractivity contribution in [2.75, 3.05) is 0 Å². The molecule has 0 spiro atoms. The van der Waals surface area contributed by atoms with E-state index in [0.29, 0.717) is 10.8 Å². The third-order valence-electron chi connectivity index (χ3n) is 2.79. The zero-order valence-electron chi connectivity index (χ0n) is 10.3. The van der Waals surface area contributed by atoms with Crippen molar-refractivity contribution in [1.82, 2.24) is 20.0 Å². The van der Waals surface area contributed by atoms with E-state index >= 15 is 0 Å². The number of aromatic nitrogens is 4. The average molecular weight is 271 g/mol. The summed E-state index contributed by atoms with van der Waals surface area (Å²) in [5, 5.41) is 13.1. The molecule has 0 aliphatic carbocycles. The van der Waals surface area contributed by atoms with Gasteiger partial charge in [0.2, 0.25) is 0 Å². The lowest BCUT2D eigenvalue weighted by Crippen LogP contribution is -1.99. The van der Waals surface area contributed by atoms with E-state index < -0.39 is 0 Å². The van der Waals surface area contributed by atoms with Crippen molar-refractivity contribution in [1.29, 1.82) is 0 Å². The molecule has 19 heavy (non-hydrogen) atoms. The Labute approximate surface area is 115 Å². The van der Waals surface area contributed by atoms with Gasteiger partial charge in [0.1, 0.15) is 0 Å². The van der Waals surface area contributed by atoms with Crippen molar-refractivity contribution in [3.05, 3.63) is 59.5 Å². The molecule has 0 radical (unpaired) electrons. The van der Waals surface area contributed by atoms with Crippen molar-refractivity contribution in [2.24, 2.45) is 0 Å². The molecule has 0 bridgehead atoms. The molecule has 0 amide bonds. The second kappa shape index (κ2) is 4.82. The molecular weight excluding hydrogens is 260 g/mol. The van der Waals surface area contributed by atoms with Gasteiger partial charge < -0.3 is 0 Å². The number of halogens is 1. The van der Waals surface area contributed by atoms with Gasteiger partial charge in [-0.15, -0.1) is 5.10 Å². The Bertz CT molecular complexity index is 703. The van der Waals surface area contributed by atoms with Crippen molar-refractivity contribution in [3.63, 3.8) is 0 Å². The Morgan fingerprint density at radius 1 is 1.05 bits per heavy atom. The smallest absolute Gasteiger partial charge is 0.175 e. The quantitative estimate of drug-likeness (QED) is 0.718. The predicted octanol–water partition coefficient (Wildman–Crippen LogP) is 3.29. The highest BCUT2D eigenvalue weighted by Crippen LogP contribution is 2.27. The number of nitrogens with zero attached hydrogens (tertiary/aromatic N) is 4. The second-order valence-corrected chi connectivity index (χ2v) is 4.59. The van der Waals surface area contributed by atoms with E-state index in [4.69, 9.17) is 11.6 Å². The highest BCUT2D eigenvalue weighted by atomic mass is 35.5. The predicted molar refractivity (Wildman–Crippen MR) is 74.3 cm³/mol. The molecule has 0 saturated heterocycles. The third-order valence-corrected chi connectivity index (χ3v) is 3.12. The Kier molecular flexibility index (Phi) is 3.01. The van der Waals surface area contributed by atoms with E-state index in [2.05, 4.69) is 15.3 Å². The van der Waals surface area contributed by atoms with Gasteiger partial charge in [-0.3, -0.25) is 0 Å². The first-order chi connectivity index (χ1) is 9.24. The highest BCUT2D eigenvalue weighted by Gasteiger charge is 2.07. The summed E-state index contributed by atoms with van der Waals surface area (Å²) in [6.45, 7) is 1.90. The molecule has 1 aromatic carbocycles. The van der Waals surface area contributed by atoms with Gasteiger partial charge in [0.05, 0.1) is 11.9 Å². The maximum Gasteiger partial charge on any atom is 0.175 e. The van der Waals surface area contributed by atoms with E-state index in [-0.39, 0.29) is 0 Å². The summed E-state index contributed by atoms with van der Waals surface area (Å²) in [7, 11) is 0. The maximum atomic E-state index is 6.17. The van der Waals surface area contributed by atoms with Crippen LogP contribution in [-0.4, -0.2) is 20.0 Å². The summed E-state index contributed by atoms with van der Waals surface area (Å²) >= 11 is 6.17. The van der Waals surface area contributed by atoms with Gasteiger partial charge >= 0.3 is 0 Å². The molecular formula is C14H11ClN4. The third kappa shape index (κ3) is 2.35. The zero-order chi connectivity index (χ0) is 13.2. The Balaban J connectivity index is 2.00. The molecule has 5 heteroatoms. The number of rotatable bonds is 2. The van der Waals surface area contributed by atoms with Crippen LogP contribution in [0.3, 0.4) is 0 Å². The van der Waals surface area contributed by atoms with E-state index in [1.807, 2.05) is 49.5 Å². The summed E-state index contributed by atoms with van der Waals surface area (Å²) in [5.74, 6) is 0.684. The van der Waals surface area contributed by atoms with E-state index in [1.165, 1.54) is 0 Å². The normalized spacial score (nSPS) is 10.6. The minimum atomic E-state index is 0.684. The van der Waals surface area contributed by atoms with Gasteiger partial charge in [0, 0.05) is 22.3 Å². The molecule has 0 fully saturated rings. The fourth-order valence-corrected chi connectivity index (χ4v) is 2.04. The molecule has 94 valence electrons. The summed E-state index contributed by atoms with van der Waals surface area (Å²) in [6, 6.07) is 11.5. The van der Waals surface area contributed by atoms with Crippen molar-refractivity contribution >= 4 is 11.6 Å². The van der Waals surface area contributed by atoms with Crippen LogP contribution in [0.2, 0.25) is 5.02 Å². The molecule has 0 aliphatic heterocycles. The molecule has 4 nitrogen and oxygen atoms in total. The van der Waals surface area contributed by atoms with Gasteiger partial charge in [-0.25, -0.2) is 4.68 Å². The SMILES string of the molecule is Cc1ccc(-n2cc(-c3ccccc3Cl)cn2)nn1. The summed E-state index contributed by atoms with van der Waals surface area (Å²) in [4.78, 5) is 0. The fraction of sp³-hybridized carbons (Fsp3) is 0.0714. The number of benzene rings is 1. The maximum absolute atomic E-state index is 6.17. The van der Waals surface area contributed by atoms with Crippen LogP contribution < -0.4 is 0 Å². The molecule has 3 aromatic rings. The first-order valence-corrected chi connectivity index (χ1v) is 6.22. The zero-order valence-corrected chi connectivity index (χ0v) is 11.0. The van der Waals surface area contributed by atoms with Crippen LogP contribution in [0.15, 0.2) is 48.8 Å². The number of aryl methyl sites for hydroxylation is 1. The monoisotopic (exact) mass is 270 g/mol. The van der Waals surface area contributed by atoms with Crippen molar-refractivity contribution < 1.29 is 0 Å². The lowest BCUT2D eigenvalue weighted by molar-refractivity contribution is 0.806. The molecule has 0 unspecified atom stereocenters. The lowest BCUT2D eigenvalue weighted by Gasteiger charge is -2.00. The van der Waals surface area contributed by atoms with E-state index in [0.717, 1.165) is 16.8 Å². The van der Waals surface area contributed by atoms with E-state index in [1.54, 1.807) is 10.9 Å². The molecule has 2 heterocycles. The standard InChI is InChI=1S/C14H11ClN4/c1-10-6-7-14(18-17-10)19-9-11(8-16-19)12-4-2-3-5-13(12)15/h2-9H,1H3. The average Bonchev–Trinajstić information content (AvgIpc) is 2.89. The minimum Gasteiger partial charge on any atom is -0.220 e. The molecule has 0 saturated carbocycles. The minimum absolute atomic E-state index is 0.684. The first kappa shape index (κ1) is 11.9. The van der Waals surface area contributed by atoms with Crippen LogP contribution in [0.5, 0.6) is 0 Å². The molecule has 0 aliphatic rings. The molecule has 2 aromatic heterocycles. The van der Waals surface area contributed by atoms with Gasteiger partial charge in [-0.05, 0) is 25.1 Å². The first-order valence-electron chi connectivity index (χ1n) is 5.84. The molecule has 0 N–H and O–H groups in total. The van der Waals surface area contributed by atoms with Crippen molar-refractivity contribution in [3.8, 4) is 16.9 Å². The fourth-order valence-electron chi connectivity index (χ4n) is 1.80. The van der Waals surface area contributed by atoms with Crippen LogP contribution in [0.25, 0.3) is 16.9 Å². The summed E-state index contributed by atoms with van der Waals surface area (Å²) in [6.07, 6.45) is 3.66. The van der Waals surface area contributed by atoms with Gasteiger partial charge in [0.25, 0.3) is 0 Å². The number of hydrogen-bond donors (Lipinski definition) is 0. The van der Waals surface area contributed by atoms with E-state index in [9.17, 15) is 0 Å². The van der Waals surface area contributed by atoms with Gasteiger partial charge in [-0.1, -0.05) is 29.8 Å². The largest absolute Gasteiger partial charge is 0.220 e. The van der Waals surface area contributed by atoms with Crippen LogP contribution in [0, 0.1) is 6.92 Å². The number of hydrogen-bond acceptors (Lipinski definition) is 3. The summed E-state index contributed by atoms with van der Waals surface area (Å²) in [5.41, 5.74) is 2.78. The van der Waals surface area contributed by atoms with Gasteiger partial charge in [-0.2, -0.15) is 10.2 Å². The van der Waals surface area contributed by atoms with Gasteiger partial charge in [0.15, 0.2) is 5.82 Å². The van der Waals surface area contributed by atoms with Crippen LogP contribution >= 0.6 is 11.6 Å². The van der Waals surface area contributed by atoms with Crippen LogP contribution in [0.4, 0.5) is 0 Å². The Morgan fingerprint density at radius 3 is 2.63 bits per heavy atom. The topological polar surface area (TPSA) is 43.6 Å². The van der Waals surface area contributed by atoms with Crippen molar-refractivity contribution in [2.45, 2.75) is 6.92 Å². The second-order valence-electron chi connectivity index (χ2n) is 4.19.